The second-order valence-electron chi connectivity index (χ2n) is 37.8. The van der Waals surface area contributed by atoms with Crippen LogP contribution in [0.4, 0.5) is 0 Å². The minimum absolute atomic E-state index is 0.0408. The minimum atomic E-state index is -2.68. The third-order valence-corrected chi connectivity index (χ3v) is 24.2. The molecular weight excluding hydrogens is 1880 g/mol. The van der Waals surface area contributed by atoms with Gasteiger partial charge in [0.2, 0.25) is 22.9 Å². The number of carbonyl (C=O) groups excluding carboxylic acids is 14. The Labute approximate surface area is 814 Å². The first-order valence-corrected chi connectivity index (χ1v) is 46.5. The number of aliphatic hydroxyl groups is 1. The number of hydrogen-bond acceptors (Lipinski definition) is 38. The fraction of sp³-hybridized carbons (Fsp3) is 0.418. The molecule has 8 aliphatic rings. The van der Waals surface area contributed by atoms with E-state index in [1.165, 1.54) is 55.6 Å². The molecule has 4 N–H and O–H groups in total. The monoisotopic (exact) mass is 1980 g/mol. The van der Waals surface area contributed by atoms with Crippen LogP contribution in [-0.2, 0) is 112 Å². The first-order chi connectivity index (χ1) is 66.5. The lowest BCUT2D eigenvalue weighted by molar-refractivity contribution is -0.263. The van der Waals surface area contributed by atoms with Crippen molar-refractivity contribution in [1.82, 2.24) is 34.8 Å². The van der Waals surface area contributed by atoms with Crippen molar-refractivity contribution < 1.29 is 149 Å². The Hall–Kier alpha value is -14.5. The molecule has 0 radical (unpaired) electrons. The van der Waals surface area contributed by atoms with Crippen molar-refractivity contribution in [2.75, 3.05) is 39.6 Å². The molecule has 4 fully saturated rings. The number of ether oxygens (including phenoxy) is 11. The molecule has 16 rings (SSSR count). The Morgan fingerprint density at radius 3 is 1.32 bits per heavy atom. The number of aromatic nitrogens is 4. The highest BCUT2D eigenvalue weighted by Crippen LogP contribution is 2.52. The number of cyclic esters (lactones) is 1. The Kier molecular flexibility index (Phi) is 29.3. The summed E-state index contributed by atoms with van der Waals surface area (Å²) in [5, 5.41) is 32.3. The first kappa shape index (κ1) is 102. The van der Waals surface area contributed by atoms with E-state index in [-0.39, 0.29) is 127 Å². The maximum absolute atomic E-state index is 14.5. The summed E-state index contributed by atoms with van der Waals surface area (Å²) < 4.78 is 63.8. The van der Waals surface area contributed by atoms with E-state index in [2.05, 4.69) is 30.2 Å². The molecule has 141 heavy (non-hydrogen) atoms. The van der Waals surface area contributed by atoms with Gasteiger partial charge in [-0.3, -0.25) is 57.8 Å². The molecule has 0 aliphatic carbocycles. The number of primary amides is 1. The van der Waals surface area contributed by atoms with Crippen LogP contribution < -0.4 is 24.7 Å². The lowest BCUT2D eigenvalue weighted by Gasteiger charge is -2.35. The topological polar surface area (TPSA) is 538 Å². The summed E-state index contributed by atoms with van der Waals surface area (Å²) in [5.41, 5.74) is -3.05. The van der Waals surface area contributed by atoms with Crippen molar-refractivity contribution in [1.29, 1.82) is 0 Å². The van der Waals surface area contributed by atoms with Crippen LogP contribution in [0.3, 0.4) is 0 Å². The number of aryl methyl sites for hydroxylation is 2. The molecule has 4 saturated heterocycles. The van der Waals surface area contributed by atoms with Crippen LogP contribution in [0, 0.1) is 25.7 Å². The summed E-state index contributed by atoms with van der Waals surface area (Å²) >= 11 is 2.53. The van der Waals surface area contributed by atoms with Crippen LogP contribution in [0.15, 0.2) is 155 Å². The number of hydroxylamine groups is 2. The number of rotatable bonds is 28. The Morgan fingerprint density at radius 1 is 0.511 bits per heavy atom. The maximum Gasteiger partial charge on any atom is 0.375 e. The molecule has 0 saturated carbocycles. The van der Waals surface area contributed by atoms with E-state index >= 15 is 0 Å². The smallest absolute Gasteiger partial charge is 0.375 e. The summed E-state index contributed by atoms with van der Waals surface area (Å²) in [6.45, 7) is 22.8. The molecular formula is C98H102N10O31S2. The predicted molar refractivity (Wildman–Crippen MR) is 491 cm³/mol. The van der Waals surface area contributed by atoms with Crippen molar-refractivity contribution in [3.8, 4) is 23.3 Å². The molecule has 6 amide bonds. The number of ketones is 3. The van der Waals surface area contributed by atoms with Crippen molar-refractivity contribution in [2.45, 2.75) is 211 Å². The number of imide groups is 2. The minimum Gasteiger partial charge on any atom is -0.480 e. The second kappa shape index (κ2) is 40.4. The van der Waals surface area contributed by atoms with E-state index in [0.717, 1.165) is 0 Å². The molecule has 4 aromatic carbocycles. The number of aliphatic hydroxyl groups excluding tert-OH is 1. The Balaban J connectivity index is 0.000000187. The number of amides is 6. The van der Waals surface area contributed by atoms with Crippen molar-refractivity contribution >= 4 is 123 Å². The number of aliphatic carboxylic acids is 1. The average Bonchev–Trinajstić information content (AvgIpc) is 1.56. The van der Waals surface area contributed by atoms with Gasteiger partial charge in [0.05, 0.1) is 79.0 Å². The van der Waals surface area contributed by atoms with E-state index in [1.54, 1.807) is 184 Å². The number of carbonyl (C=O) groups is 15. The molecule has 4 aromatic heterocycles. The predicted octanol–water partition coefficient (Wildman–Crippen LogP) is 9.35. The highest BCUT2D eigenvalue weighted by atomic mass is 32.1. The molecule has 43 heteroatoms. The van der Waals surface area contributed by atoms with Gasteiger partial charge in [-0.25, -0.2) is 48.7 Å². The van der Waals surface area contributed by atoms with Gasteiger partial charge in [0.1, 0.15) is 57.3 Å². The highest BCUT2D eigenvalue weighted by Gasteiger charge is 2.67. The largest absolute Gasteiger partial charge is 0.480 e. The van der Waals surface area contributed by atoms with Crippen LogP contribution in [-0.4, -0.2) is 236 Å². The summed E-state index contributed by atoms with van der Waals surface area (Å²) in [6.07, 6.45) is -2.18. The summed E-state index contributed by atoms with van der Waals surface area (Å²) in [5.74, 6) is -20.4. The molecule has 742 valence electrons. The van der Waals surface area contributed by atoms with Crippen LogP contribution in [0.2, 0.25) is 0 Å². The maximum atomic E-state index is 14.5. The van der Waals surface area contributed by atoms with Gasteiger partial charge in [-0.05, 0) is 96.9 Å². The van der Waals surface area contributed by atoms with Crippen molar-refractivity contribution in [3.05, 3.63) is 210 Å². The molecule has 41 nitrogen and oxygen atoms in total. The van der Waals surface area contributed by atoms with Gasteiger partial charge in [0.15, 0.2) is 34.5 Å². The Bertz CT molecular complexity index is 6150. The van der Waals surface area contributed by atoms with Gasteiger partial charge in [0.25, 0.3) is 41.3 Å². The van der Waals surface area contributed by atoms with Crippen LogP contribution in [0.5, 0.6) is 23.3 Å². The van der Waals surface area contributed by atoms with Gasteiger partial charge >= 0.3 is 53.1 Å². The number of nitrogens with two attached hydrogens (primary N) is 1. The summed E-state index contributed by atoms with van der Waals surface area (Å²) in [4.78, 5) is 236. The number of carboxylic acid groups (broad SMARTS) is 1. The van der Waals surface area contributed by atoms with Gasteiger partial charge in [-0.2, -0.15) is 5.06 Å². The van der Waals surface area contributed by atoms with Crippen LogP contribution in [0.1, 0.15) is 220 Å². The molecule has 0 spiro atoms. The van der Waals surface area contributed by atoms with Crippen molar-refractivity contribution in [2.24, 2.45) is 27.9 Å². The number of carboxylic acids is 1. The molecule has 8 aliphatic heterocycles. The van der Waals surface area contributed by atoms with E-state index in [0.29, 0.717) is 47.1 Å². The SMILES string of the molecule is CC(C)(C)OC(=O)C(=O)C[C@@H](C(=O)O)N1C(=O)c2cc3c(nc2C1=O)OC(c1ccccc1)(c1ccccc1)O3.Cc1nc(/C(=N/OC2(C(=O)OC(C)(C)C)CCOCC2)C(=O)C[C@@H](CO)C(N)=O)cs1.Cc1nc(/C(=N/OC2(C(=O)OC(C)(C)C)CCOCC2)C(=O)C[C@H]2CON(C3(C(=O)OC(C)(C)C)C[C@H](N4C(=O)c5cc6c(nc5C4=O)OC(c4ccccc4)(c4ccccc4)O6)C(=O)O3)C2=O)cs1. The lowest BCUT2D eigenvalue weighted by atomic mass is 9.94. The third kappa shape index (κ3) is 21.8. The summed E-state index contributed by atoms with van der Waals surface area (Å²) in [6, 6.07) is 34.9. The average molecular weight is 1980 g/mol. The first-order valence-electron chi connectivity index (χ1n) is 44.7. The number of oxime groups is 2. The second-order valence-corrected chi connectivity index (χ2v) is 39.9. The van der Waals surface area contributed by atoms with Crippen LogP contribution >= 0.6 is 22.7 Å². The quantitative estimate of drug-likeness (QED) is 0.0103. The molecule has 1 unspecified atom stereocenters. The zero-order valence-corrected chi connectivity index (χ0v) is 80.9. The zero-order valence-electron chi connectivity index (χ0n) is 79.2. The fourth-order valence-electron chi connectivity index (χ4n) is 15.9. The number of fused-ring (bicyclic) bond motifs is 4. The summed E-state index contributed by atoms with van der Waals surface area (Å²) in [7, 11) is 0. The number of benzene rings is 4. The lowest BCUT2D eigenvalue weighted by Crippen LogP contribution is -2.57. The van der Waals surface area contributed by atoms with E-state index in [9.17, 15) is 82.1 Å². The van der Waals surface area contributed by atoms with E-state index < -0.39 is 196 Å². The highest BCUT2D eigenvalue weighted by molar-refractivity contribution is 7.10. The van der Waals surface area contributed by atoms with Gasteiger partial charge < -0.3 is 77.7 Å². The van der Waals surface area contributed by atoms with E-state index in [4.69, 9.17) is 72.4 Å². The van der Waals surface area contributed by atoms with Gasteiger partial charge in [-0.15, -0.1) is 22.7 Å². The van der Waals surface area contributed by atoms with Gasteiger partial charge in [-0.1, -0.05) is 132 Å². The third-order valence-electron chi connectivity index (χ3n) is 22.7. The molecule has 12 heterocycles. The zero-order chi connectivity index (χ0) is 102. The standard InChI is InChI=1S/C49H49N5O15S.C29H24N2O9.C20H29N3O7S/c1-27-50-32(26-70-27)37(52-69-47(18-20-62-21-19-47)43(60)67-45(2,3)4)34(55)22-28-25-63-54(39(28)56)48(44(61)68-46(5,6)7)24-33(42(59)66-48)53-40(57)31-23-35-38(51-36(31)41(53)58)65-49(64-35,29-14-10-8-11-15-29)30-16-12-9-13-17-30;1-28(2,3)40-27(37)20(32)15-19(26(35)36)31-24(33)18-14-21-23(30-22(18)25(31)34)39-29(38-21,16-10-6-4-7-11-16)17-12-8-5-9-13-17;1-12-22-14(11-31-12)16(15(25)9-13(10-24)17(21)26)23-30-20(5-7-28-8-6-20)18(27)29-19(2,3)4/h8-17,23,26,28,33H,18-22,24-25H2,1-7H3;4-14,19H,15H2,1-3H3,(H,35,36);11,13,24H,5-10H2,1-4H3,(H2,21,26)/b52-37-;;23-16-/t28-,33-,48?;19-;13-/m000/s1. The number of hydrogen-bond donors (Lipinski definition) is 3. The number of nitrogens with zero attached hydrogens (tertiary/aromatic N) is 9. The molecule has 8 aromatic rings. The normalized spacial score (nSPS) is 19.7. The Morgan fingerprint density at radius 2 is 0.922 bits per heavy atom. The molecule has 0 bridgehead atoms. The van der Waals surface area contributed by atoms with Crippen molar-refractivity contribution in [3.63, 3.8) is 0 Å². The number of pyridine rings is 2. The number of Topliss-reactive ketones (excluding diaryl/α,β-unsaturated/α-hetero) is 3. The van der Waals surface area contributed by atoms with E-state index in [1.807, 2.05) is 24.3 Å². The number of esters is 5. The van der Waals surface area contributed by atoms with Crippen LogP contribution in [0.25, 0.3) is 0 Å². The number of thiazole rings is 2. The fourth-order valence-corrected chi connectivity index (χ4v) is 17.1. The molecule has 5 atom stereocenters. The van der Waals surface area contributed by atoms with Gasteiger partial charge in [0, 0.05) is 90.1 Å².